The number of nitrogens with zero attached hydrogens (tertiary/aromatic N) is 1. The smallest absolute Gasteiger partial charge is 0.0645 e. The Morgan fingerprint density at radius 1 is 1.33 bits per heavy atom. The van der Waals surface area contributed by atoms with Crippen molar-refractivity contribution in [1.29, 1.82) is 0 Å². The summed E-state index contributed by atoms with van der Waals surface area (Å²) in [5.41, 5.74) is 0. The SMILES string of the molecule is [CH2-][NH2+]CCN(C)C1CCCCC1. The van der Waals surface area contributed by atoms with Crippen molar-refractivity contribution >= 4 is 0 Å². The number of rotatable bonds is 4. The molecule has 0 aliphatic heterocycles. The maximum Gasteiger partial charge on any atom is 0.0645 e. The van der Waals surface area contributed by atoms with E-state index in [2.05, 4.69) is 19.0 Å². The maximum atomic E-state index is 3.75. The Bertz CT molecular complexity index is 108. The summed E-state index contributed by atoms with van der Waals surface area (Å²) in [6, 6.07) is 0.860. The molecule has 0 unspecified atom stereocenters. The maximum absolute atomic E-state index is 3.75. The summed E-state index contributed by atoms with van der Waals surface area (Å²) in [6.45, 7) is 2.32. The Morgan fingerprint density at radius 3 is 2.58 bits per heavy atom. The van der Waals surface area contributed by atoms with Gasteiger partial charge in [0, 0.05) is 12.6 Å². The third-order valence-electron chi connectivity index (χ3n) is 2.88. The van der Waals surface area contributed by atoms with Gasteiger partial charge in [0.25, 0.3) is 0 Å². The molecule has 72 valence electrons. The first kappa shape index (κ1) is 10.0. The first-order chi connectivity index (χ1) is 5.84. The summed E-state index contributed by atoms with van der Waals surface area (Å²) in [5.74, 6) is 0. The first-order valence-electron chi connectivity index (χ1n) is 5.15. The van der Waals surface area contributed by atoms with E-state index in [0.717, 1.165) is 12.6 Å². The van der Waals surface area contributed by atoms with Crippen LogP contribution >= 0.6 is 0 Å². The lowest BCUT2D eigenvalue weighted by molar-refractivity contribution is -0.595. The summed E-state index contributed by atoms with van der Waals surface area (Å²) in [4.78, 5) is 2.50. The normalized spacial score (nSPS) is 20.2. The quantitative estimate of drug-likeness (QED) is 0.613. The van der Waals surface area contributed by atoms with Crippen LogP contribution in [0.5, 0.6) is 0 Å². The number of hydrogen-bond acceptors (Lipinski definition) is 1. The Balaban J connectivity index is 2.15. The van der Waals surface area contributed by atoms with Gasteiger partial charge in [0.15, 0.2) is 0 Å². The average Bonchev–Trinajstić information content (AvgIpc) is 2.15. The van der Waals surface area contributed by atoms with Gasteiger partial charge in [-0.15, -0.1) is 0 Å². The highest BCUT2D eigenvalue weighted by molar-refractivity contribution is 4.72. The summed E-state index contributed by atoms with van der Waals surface area (Å²) in [6.07, 6.45) is 7.14. The topological polar surface area (TPSA) is 19.9 Å². The van der Waals surface area contributed by atoms with Crippen LogP contribution in [0.3, 0.4) is 0 Å². The highest BCUT2D eigenvalue weighted by Gasteiger charge is 2.17. The lowest BCUT2D eigenvalue weighted by Crippen LogP contribution is -2.78. The van der Waals surface area contributed by atoms with Crippen molar-refractivity contribution < 1.29 is 5.32 Å². The van der Waals surface area contributed by atoms with Gasteiger partial charge in [-0.3, -0.25) is 4.90 Å². The summed E-state index contributed by atoms with van der Waals surface area (Å²) < 4.78 is 0. The Morgan fingerprint density at radius 2 is 2.00 bits per heavy atom. The molecule has 2 N–H and O–H groups in total. The third kappa shape index (κ3) is 3.11. The van der Waals surface area contributed by atoms with Crippen molar-refractivity contribution in [2.75, 3.05) is 20.1 Å². The predicted molar refractivity (Wildman–Crippen MR) is 51.7 cm³/mol. The Labute approximate surface area is 76.3 Å². The van der Waals surface area contributed by atoms with Crippen molar-refractivity contribution in [3.8, 4) is 0 Å². The van der Waals surface area contributed by atoms with Gasteiger partial charge in [-0.2, -0.15) is 7.05 Å². The highest BCUT2D eigenvalue weighted by atomic mass is 15.1. The van der Waals surface area contributed by atoms with Crippen molar-refractivity contribution in [1.82, 2.24) is 4.90 Å². The van der Waals surface area contributed by atoms with Crippen LogP contribution in [0, 0.1) is 7.05 Å². The monoisotopic (exact) mass is 170 g/mol. The zero-order chi connectivity index (χ0) is 8.81. The Kier molecular flexibility index (Phi) is 4.62. The van der Waals surface area contributed by atoms with Gasteiger partial charge in [-0.1, -0.05) is 19.3 Å². The molecular weight excluding hydrogens is 148 g/mol. The van der Waals surface area contributed by atoms with Gasteiger partial charge in [0.2, 0.25) is 0 Å². The number of quaternary nitrogens is 1. The van der Waals surface area contributed by atoms with E-state index >= 15 is 0 Å². The minimum Gasteiger partial charge on any atom is -0.478 e. The molecule has 1 rings (SSSR count). The van der Waals surface area contributed by atoms with Gasteiger partial charge in [-0.25, -0.2) is 0 Å². The zero-order valence-electron chi connectivity index (χ0n) is 8.26. The molecule has 0 amide bonds. The minimum atomic E-state index is 0.860. The summed E-state index contributed by atoms with van der Waals surface area (Å²) >= 11 is 0. The molecule has 0 aromatic heterocycles. The molecule has 1 saturated carbocycles. The largest absolute Gasteiger partial charge is 0.478 e. The van der Waals surface area contributed by atoms with Crippen LogP contribution in [-0.2, 0) is 0 Å². The van der Waals surface area contributed by atoms with Crippen LogP contribution in [0.25, 0.3) is 0 Å². The standard InChI is InChI=1S/C10H22N2/c1-11-8-9-12(2)10-6-4-3-5-7-10/h10H,1,3-9,11H2,2H3. The molecule has 0 radical (unpaired) electrons. The summed E-state index contributed by atoms with van der Waals surface area (Å²) in [5, 5.41) is 2.01. The van der Waals surface area contributed by atoms with E-state index in [4.69, 9.17) is 0 Å². The van der Waals surface area contributed by atoms with Crippen LogP contribution in [0.4, 0.5) is 0 Å². The fourth-order valence-electron chi connectivity index (χ4n) is 2.00. The first-order valence-corrected chi connectivity index (χ1v) is 5.15. The molecule has 2 heteroatoms. The number of hydrogen-bond donors (Lipinski definition) is 1. The predicted octanol–water partition coefficient (Wildman–Crippen LogP) is 0.606. The lowest BCUT2D eigenvalue weighted by atomic mass is 9.94. The molecule has 0 spiro atoms. The van der Waals surface area contributed by atoms with E-state index < -0.39 is 0 Å². The van der Waals surface area contributed by atoms with E-state index in [9.17, 15) is 0 Å². The van der Waals surface area contributed by atoms with Crippen molar-refractivity contribution in [3.63, 3.8) is 0 Å². The molecule has 12 heavy (non-hydrogen) atoms. The van der Waals surface area contributed by atoms with Gasteiger partial charge >= 0.3 is 0 Å². The van der Waals surface area contributed by atoms with Crippen molar-refractivity contribution in [3.05, 3.63) is 7.05 Å². The molecule has 1 aliphatic rings. The van der Waals surface area contributed by atoms with E-state index in [-0.39, 0.29) is 0 Å². The molecule has 0 aromatic carbocycles. The molecule has 1 aliphatic carbocycles. The van der Waals surface area contributed by atoms with Crippen LogP contribution in [0.15, 0.2) is 0 Å². The van der Waals surface area contributed by atoms with Crippen LogP contribution in [0.1, 0.15) is 32.1 Å². The molecule has 0 heterocycles. The molecule has 0 bridgehead atoms. The van der Waals surface area contributed by atoms with Gasteiger partial charge in [0.05, 0.1) is 6.54 Å². The molecular formula is C10H22N2. The van der Waals surface area contributed by atoms with E-state index in [1.54, 1.807) is 0 Å². The molecule has 2 nitrogen and oxygen atoms in total. The van der Waals surface area contributed by atoms with E-state index in [1.807, 2.05) is 5.32 Å². The molecule has 0 atom stereocenters. The molecule has 0 aromatic rings. The number of nitrogens with two attached hydrogens (primary N) is 1. The van der Waals surface area contributed by atoms with Crippen LogP contribution in [-0.4, -0.2) is 31.1 Å². The highest BCUT2D eigenvalue weighted by Crippen LogP contribution is 2.20. The molecule has 1 fully saturated rings. The second-order valence-electron chi connectivity index (χ2n) is 3.85. The average molecular weight is 170 g/mol. The Hall–Kier alpha value is -0.0800. The molecule has 0 saturated heterocycles. The fraction of sp³-hybridized carbons (Fsp3) is 0.900. The van der Waals surface area contributed by atoms with Crippen LogP contribution < -0.4 is 5.32 Å². The van der Waals surface area contributed by atoms with Crippen molar-refractivity contribution in [2.24, 2.45) is 0 Å². The van der Waals surface area contributed by atoms with Crippen LogP contribution in [0.2, 0.25) is 0 Å². The summed E-state index contributed by atoms with van der Waals surface area (Å²) in [7, 11) is 6.00. The lowest BCUT2D eigenvalue weighted by Gasteiger charge is -2.30. The third-order valence-corrected chi connectivity index (χ3v) is 2.88. The van der Waals surface area contributed by atoms with Gasteiger partial charge in [0.1, 0.15) is 0 Å². The van der Waals surface area contributed by atoms with E-state index in [0.29, 0.717) is 0 Å². The van der Waals surface area contributed by atoms with Gasteiger partial charge < -0.3 is 5.32 Å². The fourth-order valence-corrected chi connectivity index (χ4v) is 2.00. The van der Waals surface area contributed by atoms with Crippen molar-refractivity contribution in [2.45, 2.75) is 38.1 Å². The van der Waals surface area contributed by atoms with E-state index in [1.165, 1.54) is 38.6 Å². The zero-order valence-corrected chi connectivity index (χ0v) is 8.26. The second-order valence-corrected chi connectivity index (χ2v) is 3.85. The minimum absolute atomic E-state index is 0.860. The number of likely N-dealkylation sites (N-methyl/N-ethyl adjacent to an activating group) is 1. The second kappa shape index (κ2) is 5.55. The van der Waals surface area contributed by atoms with Gasteiger partial charge in [-0.05, 0) is 19.9 Å².